The molecular formula is C19H23FN2O2. The smallest absolute Gasteiger partial charge is 0.217 e. The van der Waals surface area contributed by atoms with Crippen LogP contribution in [-0.2, 0) is 17.9 Å². The van der Waals surface area contributed by atoms with Crippen molar-refractivity contribution in [1.29, 1.82) is 0 Å². The predicted octanol–water partition coefficient (Wildman–Crippen LogP) is 3.41. The number of likely N-dealkylation sites (tertiary alicyclic amines) is 1. The number of hydrogen-bond acceptors (Lipinski definition) is 4. The van der Waals surface area contributed by atoms with Crippen LogP contribution in [0, 0.1) is 5.82 Å². The fraction of sp³-hybridized carbons (Fsp3) is 0.421. The highest BCUT2D eigenvalue weighted by Gasteiger charge is 2.21. The molecule has 0 unspecified atom stereocenters. The Balaban J connectivity index is 1.47. The van der Waals surface area contributed by atoms with Gasteiger partial charge in [-0.05, 0) is 25.0 Å². The lowest BCUT2D eigenvalue weighted by Crippen LogP contribution is -2.36. The van der Waals surface area contributed by atoms with Gasteiger partial charge in [0, 0.05) is 37.0 Å². The summed E-state index contributed by atoms with van der Waals surface area (Å²) in [5, 5.41) is 0. The van der Waals surface area contributed by atoms with Gasteiger partial charge in [0.15, 0.2) is 0 Å². The van der Waals surface area contributed by atoms with Gasteiger partial charge in [-0.3, -0.25) is 4.90 Å². The molecule has 4 nitrogen and oxygen atoms in total. The van der Waals surface area contributed by atoms with Crippen molar-refractivity contribution in [2.75, 3.05) is 20.2 Å². The van der Waals surface area contributed by atoms with Gasteiger partial charge >= 0.3 is 0 Å². The van der Waals surface area contributed by atoms with Gasteiger partial charge in [0.25, 0.3) is 0 Å². The summed E-state index contributed by atoms with van der Waals surface area (Å²) in [7, 11) is 1.65. The molecule has 128 valence electrons. The van der Waals surface area contributed by atoms with Gasteiger partial charge in [0.2, 0.25) is 5.88 Å². The van der Waals surface area contributed by atoms with Crippen molar-refractivity contribution in [2.24, 2.45) is 0 Å². The summed E-state index contributed by atoms with van der Waals surface area (Å²) in [6, 6.07) is 10.8. The van der Waals surface area contributed by atoms with E-state index in [4.69, 9.17) is 9.47 Å². The number of aromatic nitrogens is 1. The maximum atomic E-state index is 13.6. The molecule has 24 heavy (non-hydrogen) atoms. The van der Waals surface area contributed by atoms with Crippen LogP contribution < -0.4 is 4.74 Å². The number of pyridine rings is 1. The molecule has 0 amide bonds. The van der Waals surface area contributed by atoms with E-state index in [1.54, 1.807) is 25.4 Å². The zero-order valence-electron chi connectivity index (χ0n) is 14.0. The average Bonchev–Trinajstić information content (AvgIpc) is 2.63. The summed E-state index contributed by atoms with van der Waals surface area (Å²) in [5.74, 6) is 0.494. The lowest BCUT2D eigenvalue weighted by Gasteiger charge is -2.32. The zero-order chi connectivity index (χ0) is 16.8. The van der Waals surface area contributed by atoms with E-state index in [1.165, 1.54) is 6.07 Å². The lowest BCUT2D eigenvalue weighted by atomic mass is 10.1. The molecule has 1 aliphatic heterocycles. The normalized spacial score (nSPS) is 16.2. The van der Waals surface area contributed by atoms with E-state index in [9.17, 15) is 4.39 Å². The third-order valence-electron chi connectivity index (χ3n) is 4.40. The van der Waals surface area contributed by atoms with E-state index in [0.717, 1.165) is 38.0 Å². The number of rotatable bonds is 6. The molecule has 0 bridgehead atoms. The van der Waals surface area contributed by atoms with Crippen LogP contribution in [0.5, 0.6) is 5.88 Å². The molecule has 0 radical (unpaired) electrons. The minimum Gasteiger partial charge on any atom is -0.481 e. The number of methoxy groups -OCH3 is 1. The molecule has 0 aliphatic carbocycles. The van der Waals surface area contributed by atoms with Gasteiger partial charge < -0.3 is 9.47 Å². The van der Waals surface area contributed by atoms with Crippen LogP contribution in [0.1, 0.15) is 24.0 Å². The SMILES string of the molecule is COc1ncccc1CN1CCC(OCc2ccccc2F)CC1. The van der Waals surface area contributed by atoms with E-state index < -0.39 is 0 Å². The summed E-state index contributed by atoms with van der Waals surface area (Å²) in [6.45, 7) is 3.09. The summed E-state index contributed by atoms with van der Waals surface area (Å²) in [4.78, 5) is 6.62. The Morgan fingerprint density at radius 1 is 1.12 bits per heavy atom. The highest BCUT2D eigenvalue weighted by atomic mass is 19.1. The number of piperidine rings is 1. The summed E-state index contributed by atoms with van der Waals surface area (Å²) < 4.78 is 24.8. The van der Waals surface area contributed by atoms with Crippen molar-refractivity contribution in [3.05, 3.63) is 59.5 Å². The van der Waals surface area contributed by atoms with Crippen LogP contribution in [0.2, 0.25) is 0 Å². The number of ether oxygens (including phenoxy) is 2. The zero-order valence-corrected chi connectivity index (χ0v) is 14.0. The summed E-state index contributed by atoms with van der Waals surface area (Å²) >= 11 is 0. The quantitative estimate of drug-likeness (QED) is 0.813. The maximum Gasteiger partial charge on any atom is 0.217 e. The Morgan fingerprint density at radius 2 is 1.88 bits per heavy atom. The van der Waals surface area contributed by atoms with Crippen molar-refractivity contribution < 1.29 is 13.9 Å². The Labute approximate surface area is 142 Å². The molecule has 3 rings (SSSR count). The van der Waals surface area contributed by atoms with Crippen LogP contribution in [0.25, 0.3) is 0 Å². The third kappa shape index (κ3) is 4.30. The van der Waals surface area contributed by atoms with E-state index >= 15 is 0 Å². The predicted molar refractivity (Wildman–Crippen MR) is 90.3 cm³/mol. The van der Waals surface area contributed by atoms with Crippen LogP contribution in [0.3, 0.4) is 0 Å². The monoisotopic (exact) mass is 330 g/mol. The Morgan fingerprint density at radius 3 is 2.62 bits per heavy atom. The largest absolute Gasteiger partial charge is 0.481 e. The van der Waals surface area contributed by atoms with E-state index in [-0.39, 0.29) is 11.9 Å². The first-order valence-corrected chi connectivity index (χ1v) is 8.31. The van der Waals surface area contributed by atoms with Crippen LogP contribution in [0.15, 0.2) is 42.6 Å². The van der Waals surface area contributed by atoms with Crippen molar-refractivity contribution in [3.63, 3.8) is 0 Å². The molecule has 5 heteroatoms. The standard InChI is InChI=1S/C19H23FN2O2/c1-23-19-15(6-4-10-21-19)13-22-11-8-17(9-12-22)24-14-16-5-2-3-7-18(16)20/h2-7,10,17H,8-9,11-14H2,1H3. The van der Waals surface area contributed by atoms with Crippen molar-refractivity contribution >= 4 is 0 Å². The number of nitrogens with zero attached hydrogens (tertiary/aromatic N) is 2. The minimum absolute atomic E-state index is 0.191. The molecule has 0 spiro atoms. The van der Waals surface area contributed by atoms with E-state index in [2.05, 4.69) is 9.88 Å². The minimum atomic E-state index is -0.196. The summed E-state index contributed by atoms with van der Waals surface area (Å²) in [5.41, 5.74) is 1.73. The van der Waals surface area contributed by atoms with Gasteiger partial charge in [-0.25, -0.2) is 9.37 Å². The average molecular weight is 330 g/mol. The van der Waals surface area contributed by atoms with Gasteiger partial charge in [-0.15, -0.1) is 0 Å². The Bertz CT molecular complexity index is 657. The van der Waals surface area contributed by atoms with Crippen molar-refractivity contribution in [2.45, 2.75) is 32.1 Å². The fourth-order valence-electron chi connectivity index (χ4n) is 3.03. The molecule has 0 saturated carbocycles. The van der Waals surface area contributed by atoms with Gasteiger partial charge in [0.1, 0.15) is 5.82 Å². The number of hydrogen-bond donors (Lipinski definition) is 0. The van der Waals surface area contributed by atoms with E-state index in [0.29, 0.717) is 18.1 Å². The molecule has 1 aromatic heterocycles. The van der Waals surface area contributed by atoms with Crippen molar-refractivity contribution in [1.82, 2.24) is 9.88 Å². The highest BCUT2D eigenvalue weighted by Crippen LogP contribution is 2.21. The Kier molecular flexibility index (Phi) is 5.77. The molecule has 1 aliphatic rings. The molecule has 2 aromatic rings. The third-order valence-corrected chi connectivity index (χ3v) is 4.40. The van der Waals surface area contributed by atoms with Crippen LogP contribution in [-0.4, -0.2) is 36.2 Å². The Hall–Kier alpha value is -1.98. The first kappa shape index (κ1) is 16.9. The second-order valence-electron chi connectivity index (χ2n) is 6.05. The van der Waals surface area contributed by atoms with Crippen molar-refractivity contribution in [3.8, 4) is 5.88 Å². The van der Waals surface area contributed by atoms with Crippen LogP contribution in [0.4, 0.5) is 4.39 Å². The molecular weight excluding hydrogens is 307 g/mol. The molecule has 1 saturated heterocycles. The number of benzene rings is 1. The first-order valence-electron chi connectivity index (χ1n) is 8.31. The van der Waals surface area contributed by atoms with Gasteiger partial charge in [-0.1, -0.05) is 24.3 Å². The maximum absolute atomic E-state index is 13.6. The topological polar surface area (TPSA) is 34.6 Å². The van der Waals surface area contributed by atoms with E-state index in [1.807, 2.05) is 18.2 Å². The summed E-state index contributed by atoms with van der Waals surface area (Å²) in [6.07, 6.45) is 3.84. The second kappa shape index (κ2) is 8.22. The van der Waals surface area contributed by atoms with Gasteiger partial charge in [0.05, 0.1) is 19.8 Å². The highest BCUT2D eigenvalue weighted by molar-refractivity contribution is 5.25. The second-order valence-corrected chi connectivity index (χ2v) is 6.05. The molecule has 1 fully saturated rings. The molecule has 0 atom stereocenters. The fourth-order valence-corrected chi connectivity index (χ4v) is 3.03. The molecule has 0 N–H and O–H groups in total. The van der Waals surface area contributed by atoms with Crippen LogP contribution >= 0.6 is 0 Å². The molecule has 1 aromatic carbocycles. The molecule has 2 heterocycles. The number of halogens is 1. The first-order chi connectivity index (χ1) is 11.8. The lowest BCUT2D eigenvalue weighted by molar-refractivity contribution is -0.00505. The van der Waals surface area contributed by atoms with Gasteiger partial charge in [-0.2, -0.15) is 0 Å².